The quantitative estimate of drug-likeness (QED) is 0.591. The van der Waals surface area contributed by atoms with Crippen LogP contribution in [0.4, 0.5) is 10.5 Å². The molecule has 0 spiro atoms. The highest BCUT2D eigenvalue weighted by Gasteiger charge is 2.29. The number of amides is 1. The maximum atomic E-state index is 12.4. The van der Waals surface area contributed by atoms with Crippen molar-refractivity contribution in [3.63, 3.8) is 0 Å². The molecule has 1 amide bonds. The van der Waals surface area contributed by atoms with Crippen molar-refractivity contribution in [3.05, 3.63) is 89.0 Å². The van der Waals surface area contributed by atoms with E-state index < -0.39 is 18.0 Å². The van der Waals surface area contributed by atoms with Crippen molar-refractivity contribution in [2.45, 2.75) is 5.92 Å². The van der Waals surface area contributed by atoms with E-state index in [1.54, 1.807) is 0 Å². The van der Waals surface area contributed by atoms with Gasteiger partial charge in [0, 0.05) is 11.6 Å². The minimum Gasteiger partial charge on any atom is -0.478 e. The van der Waals surface area contributed by atoms with Crippen LogP contribution in [0.3, 0.4) is 0 Å². The fraction of sp³-hybridized carbons (Fsp3) is 0.125. The molecule has 0 radical (unpaired) electrons. The number of carbonyl (C=O) groups is 3. The number of carboxylic acid groups (broad SMARTS) is 1. The van der Waals surface area contributed by atoms with Crippen LogP contribution < -0.4 is 5.32 Å². The summed E-state index contributed by atoms with van der Waals surface area (Å²) >= 11 is 0. The monoisotopic (exact) mass is 417 g/mol. The standard InChI is InChI=1S/C24H19NO6/c1-30-23(28)15-10-14(22(26)27)11-16(12-15)25-24(29)31-13-21-19-8-4-2-6-17(19)18-7-3-5-9-20(18)21/h2-12,21H,13H2,1H3,(H,25,29)(H,26,27). The molecule has 1 aliphatic carbocycles. The number of methoxy groups -OCH3 is 1. The normalized spacial score (nSPS) is 11.9. The predicted octanol–water partition coefficient (Wildman–Crippen LogP) is 4.53. The Morgan fingerprint density at radius 1 is 0.903 bits per heavy atom. The number of aromatic carboxylic acids is 1. The molecule has 0 bridgehead atoms. The van der Waals surface area contributed by atoms with Crippen LogP contribution in [0.25, 0.3) is 11.1 Å². The number of anilines is 1. The number of benzene rings is 3. The zero-order valence-corrected chi connectivity index (χ0v) is 16.6. The second kappa shape index (κ2) is 8.31. The van der Waals surface area contributed by atoms with Crippen molar-refractivity contribution in [2.24, 2.45) is 0 Å². The van der Waals surface area contributed by atoms with Gasteiger partial charge in [-0.05, 0) is 40.5 Å². The van der Waals surface area contributed by atoms with E-state index in [0.29, 0.717) is 0 Å². The van der Waals surface area contributed by atoms with Gasteiger partial charge in [0.1, 0.15) is 6.61 Å². The van der Waals surface area contributed by atoms with Gasteiger partial charge in [-0.3, -0.25) is 5.32 Å². The number of nitrogens with one attached hydrogen (secondary N) is 1. The third-order valence-electron chi connectivity index (χ3n) is 5.19. The highest BCUT2D eigenvalue weighted by molar-refractivity contribution is 5.98. The maximum absolute atomic E-state index is 12.4. The van der Waals surface area contributed by atoms with Gasteiger partial charge < -0.3 is 14.6 Å². The van der Waals surface area contributed by atoms with Gasteiger partial charge >= 0.3 is 18.0 Å². The third-order valence-corrected chi connectivity index (χ3v) is 5.19. The number of hydrogen-bond donors (Lipinski definition) is 2. The van der Waals surface area contributed by atoms with Crippen molar-refractivity contribution in [2.75, 3.05) is 19.0 Å². The number of hydrogen-bond acceptors (Lipinski definition) is 5. The minimum absolute atomic E-state index is 0.0105. The van der Waals surface area contributed by atoms with Gasteiger partial charge in [-0.15, -0.1) is 0 Å². The molecule has 4 rings (SSSR count). The summed E-state index contributed by atoms with van der Waals surface area (Å²) in [7, 11) is 1.19. The van der Waals surface area contributed by atoms with Gasteiger partial charge in [0.2, 0.25) is 0 Å². The van der Waals surface area contributed by atoms with E-state index in [1.807, 2.05) is 48.5 Å². The first-order chi connectivity index (χ1) is 15.0. The largest absolute Gasteiger partial charge is 0.478 e. The second-order valence-electron chi connectivity index (χ2n) is 7.05. The Bertz CT molecular complexity index is 1140. The Kier molecular flexibility index (Phi) is 5.41. The molecular weight excluding hydrogens is 398 g/mol. The molecule has 31 heavy (non-hydrogen) atoms. The van der Waals surface area contributed by atoms with E-state index >= 15 is 0 Å². The van der Waals surface area contributed by atoms with Crippen LogP contribution in [-0.4, -0.2) is 36.9 Å². The SMILES string of the molecule is COC(=O)c1cc(NC(=O)OCC2c3ccccc3-c3ccccc32)cc(C(=O)O)c1. The van der Waals surface area contributed by atoms with Crippen LogP contribution in [0, 0.1) is 0 Å². The Morgan fingerprint density at radius 2 is 1.48 bits per heavy atom. The molecule has 0 aliphatic heterocycles. The Morgan fingerprint density at radius 3 is 2.06 bits per heavy atom. The molecule has 0 saturated heterocycles. The van der Waals surface area contributed by atoms with E-state index in [9.17, 15) is 19.5 Å². The molecule has 156 valence electrons. The molecule has 0 unspecified atom stereocenters. The highest BCUT2D eigenvalue weighted by Crippen LogP contribution is 2.44. The summed E-state index contributed by atoms with van der Waals surface area (Å²) in [5.74, 6) is -2.05. The Balaban J connectivity index is 1.51. The summed E-state index contributed by atoms with van der Waals surface area (Å²) < 4.78 is 10.1. The number of carbonyl (C=O) groups excluding carboxylic acids is 2. The molecule has 0 atom stereocenters. The van der Waals surface area contributed by atoms with Crippen molar-refractivity contribution in [3.8, 4) is 11.1 Å². The molecule has 3 aromatic rings. The molecule has 7 heteroatoms. The van der Waals surface area contributed by atoms with Gasteiger partial charge in [0.15, 0.2) is 0 Å². The fourth-order valence-electron chi connectivity index (χ4n) is 3.81. The number of carboxylic acids is 1. The first-order valence-corrected chi connectivity index (χ1v) is 9.56. The van der Waals surface area contributed by atoms with Crippen LogP contribution in [-0.2, 0) is 9.47 Å². The van der Waals surface area contributed by atoms with Crippen molar-refractivity contribution < 1.29 is 29.0 Å². The predicted molar refractivity (Wildman–Crippen MR) is 113 cm³/mol. The third kappa shape index (κ3) is 3.98. The molecule has 3 aromatic carbocycles. The number of fused-ring (bicyclic) bond motifs is 3. The zero-order valence-electron chi connectivity index (χ0n) is 16.6. The summed E-state index contributed by atoms with van der Waals surface area (Å²) in [6, 6.07) is 19.7. The topological polar surface area (TPSA) is 102 Å². The second-order valence-corrected chi connectivity index (χ2v) is 7.05. The number of rotatable bonds is 5. The molecular formula is C24H19NO6. The molecule has 0 heterocycles. The van der Waals surface area contributed by atoms with Crippen LogP contribution in [0.1, 0.15) is 37.8 Å². The lowest BCUT2D eigenvalue weighted by Crippen LogP contribution is -2.18. The van der Waals surface area contributed by atoms with Gasteiger partial charge in [-0.25, -0.2) is 14.4 Å². The average molecular weight is 417 g/mol. The van der Waals surface area contributed by atoms with Crippen molar-refractivity contribution >= 4 is 23.7 Å². The summed E-state index contributed by atoms with van der Waals surface area (Å²) in [5, 5.41) is 11.8. The van der Waals surface area contributed by atoms with Gasteiger partial charge in [0.05, 0.1) is 18.2 Å². The van der Waals surface area contributed by atoms with E-state index in [2.05, 4.69) is 10.1 Å². The van der Waals surface area contributed by atoms with Gasteiger partial charge in [-0.2, -0.15) is 0 Å². The first-order valence-electron chi connectivity index (χ1n) is 9.56. The van der Waals surface area contributed by atoms with E-state index in [-0.39, 0.29) is 29.3 Å². The average Bonchev–Trinajstić information content (AvgIpc) is 3.10. The van der Waals surface area contributed by atoms with Crippen LogP contribution in [0.5, 0.6) is 0 Å². The van der Waals surface area contributed by atoms with Crippen LogP contribution in [0.15, 0.2) is 66.7 Å². The van der Waals surface area contributed by atoms with E-state index in [1.165, 1.54) is 25.3 Å². The van der Waals surface area contributed by atoms with Crippen molar-refractivity contribution in [1.29, 1.82) is 0 Å². The highest BCUT2D eigenvalue weighted by atomic mass is 16.5. The molecule has 0 saturated carbocycles. The maximum Gasteiger partial charge on any atom is 0.411 e. The van der Waals surface area contributed by atoms with E-state index in [4.69, 9.17) is 4.74 Å². The fourth-order valence-corrected chi connectivity index (χ4v) is 3.81. The summed E-state index contributed by atoms with van der Waals surface area (Å²) in [6.07, 6.45) is -0.750. The lowest BCUT2D eigenvalue weighted by atomic mass is 9.98. The van der Waals surface area contributed by atoms with Crippen molar-refractivity contribution in [1.82, 2.24) is 0 Å². The smallest absolute Gasteiger partial charge is 0.411 e. The van der Waals surface area contributed by atoms with Gasteiger partial charge in [-0.1, -0.05) is 48.5 Å². The summed E-state index contributed by atoms with van der Waals surface area (Å²) in [6.45, 7) is 0.113. The summed E-state index contributed by atoms with van der Waals surface area (Å²) in [4.78, 5) is 35.6. The van der Waals surface area contributed by atoms with Crippen LogP contribution >= 0.6 is 0 Å². The van der Waals surface area contributed by atoms with E-state index in [0.717, 1.165) is 22.3 Å². The summed E-state index contributed by atoms with van der Waals surface area (Å²) in [5.41, 5.74) is 4.37. The lowest BCUT2D eigenvalue weighted by molar-refractivity contribution is 0.0600. The minimum atomic E-state index is -1.23. The Labute approximate surface area is 178 Å². The zero-order chi connectivity index (χ0) is 22.0. The molecule has 7 nitrogen and oxygen atoms in total. The van der Waals surface area contributed by atoms with Gasteiger partial charge in [0.25, 0.3) is 0 Å². The first kappa shape index (κ1) is 20.2. The lowest BCUT2D eigenvalue weighted by Gasteiger charge is -2.15. The number of ether oxygens (including phenoxy) is 2. The molecule has 2 N–H and O–H groups in total. The molecule has 0 aromatic heterocycles. The molecule has 1 aliphatic rings. The van der Waals surface area contributed by atoms with Crippen LogP contribution in [0.2, 0.25) is 0 Å². The number of esters is 1. The Hall–Kier alpha value is -4.13. The molecule has 0 fully saturated rings.